The molecule has 2 aromatic rings. The second-order valence-electron chi connectivity index (χ2n) is 6.12. The second-order valence-corrected chi connectivity index (χ2v) is 8.33. The highest BCUT2D eigenvalue weighted by Crippen LogP contribution is 2.15. The highest BCUT2D eigenvalue weighted by atomic mass is 35.5. The Hall–Kier alpha value is -1.60. The van der Waals surface area contributed by atoms with E-state index in [0.717, 1.165) is 30.9 Å². The summed E-state index contributed by atoms with van der Waals surface area (Å²) in [5.41, 5.74) is 1.02. The van der Waals surface area contributed by atoms with Crippen LogP contribution in [-0.2, 0) is 16.4 Å². The van der Waals surface area contributed by atoms with E-state index in [2.05, 4.69) is 23.5 Å². The van der Waals surface area contributed by atoms with Gasteiger partial charge in [0.1, 0.15) is 12.4 Å². The van der Waals surface area contributed by atoms with Crippen LogP contribution < -0.4 is 9.46 Å². The van der Waals surface area contributed by atoms with Gasteiger partial charge in [-0.3, -0.25) is 0 Å². The van der Waals surface area contributed by atoms with Gasteiger partial charge in [0, 0.05) is 18.1 Å². The number of nitrogens with one attached hydrogen (secondary N) is 1. The maximum absolute atomic E-state index is 12.3. The first kappa shape index (κ1) is 21.7. The van der Waals surface area contributed by atoms with Gasteiger partial charge in [0.2, 0.25) is 10.0 Å². The van der Waals surface area contributed by atoms with Crippen LogP contribution in [0.15, 0.2) is 53.4 Å². The van der Waals surface area contributed by atoms with Crippen molar-refractivity contribution in [3.8, 4) is 5.75 Å². The smallest absolute Gasteiger partial charge is 0.240 e. The molecule has 0 saturated carbocycles. The van der Waals surface area contributed by atoms with Crippen LogP contribution in [0.4, 0.5) is 0 Å². The highest BCUT2D eigenvalue weighted by Gasteiger charge is 2.13. The van der Waals surface area contributed by atoms with Gasteiger partial charge in [-0.05, 0) is 61.5 Å². The largest absolute Gasteiger partial charge is 0.492 e. The van der Waals surface area contributed by atoms with Crippen LogP contribution >= 0.6 is 11.6 Å². The zero-order valence-electron chi connectivity index (χ0n) is 15.8. The van der Waals surface area contributed by atoms with E-state index in [1.807, 2.05) is 24.3 Å². The molecule has 7 heteroatoms. The van der Waals surface area contributed by atoms with Gasteiger partial charge in [0.05, 0.1) is 4.90 Å². The van der Waals surface area contributed by atoms with E-state index in [1.165, 1.54) is 12.1 Å². The summed E-state index contributed by atoms with van der Waals surface area (Å²) in [5.74, 6) is 0.806. The normalized spacial score (nSPS) is 11.7. The Morgan fingerprint density at radius 2 is 1.78 bits per heavy atom. The molecule has 5 nitrogen and oxygen atoms in total. The minimum absolute atomic E-state index is 0.209. The summed E-state index contributed by atoms with van der Waals surface area (Å²) in [6.45, 7) is 8.12. The molecular weight excluding hydrogens is 384 g/mol. The maximum atomic E-state index is 12.3. The lowest BCUT2D eigenvalue weighted by atomic mass is 10.1. The summed E-state index contributed by atoms with van der Waals surface area (Å²) in [6, 6.07) is 13.9. The Bertz CT molecular complexity index is 806. The predicted octanol–water partition coefficient (Wildman–Crippen LogP) is 3.58. The van der Waals surface area contributed by atoms with E-state index in [1.54, 1.807) is 12.1 Å². The van der Waals surface area contributed by atoms with Crippen molar-refractivity contribution in [2.75, 3.05) is 32.8 Å². The Morgan fingerprint density at radius 3 is 2.44 bits per heavy atom. The van der Waals surface area contributed by atoms with E-state index < -0.39 is 10.0 Å². The molecule has 0 spiro atoms. The number of halogens is 1. The number of hydrogen-bond acceptors (Lipinski definition) is 4. The number of likely N-dealkylation sites (N-methyl/N-ethyl adjacent to an activating group) is 1. The fourth-order valence-corrected chi connectivity index (χ4v) is 3.81. The number of sulfonamides is 1. The van der Waals surface area contributed by atoms with Gasteiger partial charge in [0.25, 0.3) is 0 Å². The van der Waals surface area contributed by atoms with Crippen LogP contribution in [0.3, 0.4) is 0 Å². The van der Waals surface area contributed by atoms with Gasteiger partial charge >= 0.3 is 0 Å². The second kappa shape index (κ2) is 10.7. The third-order valence-corrected chi connectivity index (χ3v) is 6.03. The van der Waals surface area contributed by atoms with Crippen molar-refractivity contribution in [1.29, 1.82) is 0 Å². The lowest BCUT2D eigenvalue weighted by molar-refractivity contribution is 0.222. The Kier molecular flexibility index (Phi) is 8.57. The number of benzene rings is 2. The van der Waals surface area contributed by atoms with Crippen molar-refractivity contribution >= 4 is 21.6 Å². The molecular formula is C20H27ClN2O3S. The van der Waals surface area contributed by atoms with Gasteiger partial charge in [-0.15, -0.1) is 0 Å². The number of hydrogen-bond donors (Lipinski definition) is 1. The van der Waals surface area contributed by atoms with Gasteiger partial charge in [0.15, 0.2) is 0 Å². The van der Waals surface area contributed by atoms with Gasteiger partial charge in [-0.1, -0.05) is 37.6 Å². The van der Waals surface area contributed by atoms with Crippen molar-refractivity contribution in [1.82, 2.24) is 9.62 Å². The van der Waals surface area contributed by atoms with Crippen LogP contribution in [0.2, 0.25) is 5.02 Å². The van der Waals surface area contributed by atoms with Gasteiger partial charge in [-0.2, -0.15) is 0 Å². The number of nitrogens with zero attached hydrogens (tertiary/aromatic N) is 1. The zero-order valence-corrected chi connectivity index (χ0v) is 17.4. The SMILES string of the molecule is CCN(CC)CCOc1cccc(CCNS(=O)(=O)c2ccc(Cl)cc2)c1. The fourth-order valence-electron chi connectivity index (χ4n) is 2.65. The molecule has 0 radical (unpaired) electrons. The first-order valence-corrected chi connectivity index (χ1v) is 11.0. The van der Waals surface area contributed by atoms with Crippen molar-refractivity contribution < 1.29 is 13.2 Å². The first-order valence-electron chi connectivity index (χ1n) is 9.14. The lowest BCUT2D eigenvalue weighted by Gasteiger charge is -2.18. The minimum Gasteiger partial charge on any atom is -0.492 e. The minimum atomic E-state index is -3.53. The Balaban J connectivity index is 1.84. The molecule has 2 aromatic carbocycles. The lowest BCUT2D eigenvalue weighted by Crippen LogP contribution is -2.28. The van der Waals surface area contributed by atoms with Crippen LogP contribution in [0.1, 0.15) is 19.4 Å². The van der Waals surface area contributed by atoms with E-state index in [0.29, 0.717) is 24.6 Å². The van der Waals surface area contributed by atoms with E-state index in [9.17, 15) is 8.42 Å². The maximum Gasteiger partial charge on any atom is 0.240 e. The topological polar surface area (TPSA) is 58.6 Å². The molecule has 0 bridgehead atoms. The van der Waals surface area contributed by atoms with Crippen LogP contribution in [0.5, 0.6) is 5.75 Å². The Labute approximate surface area is 167 Å². The molecule has 0 aromatic heterocycles. The average molecular weight is 411 g/mol. The Morgan fingerprint density at radius 1 is 1.07 bits per heavy atom. The molecule has 27 heavy (non-hydrogen) atoms. The average Bonchev–Trinajstić information content (AvgIpc) is 2.66. The third kappa shape index (κ3) is 7.14. The number of ether oxygens (including phenoxy) is 1. The molecule has 0 aliphatic rings. The van der Waals surface area contributed by atoms with Crippen molar-refractivity contribution in [3.63, 3.8) is 0 Å². The van der Waals surface area contributed by atoms with Crippen molar-refractivity contribution in [2.24, 2.45) is 0 Å². The predicted molar refractivity (Wildman–Crippen MR) is 110 cm³/mol. The summed E-state index contributed by atoms with van der Waals surface area (Å²) >= 11 is 5.80. The molecule has 0 fully saturated rings. The standard InChI is InChI=1S/C20H27ClN2O3S/c1-3-23(4-2)14-15-26-19-7-5-6-17(16-19)12-13-22-27(24,25)20-10-8-18(21)9-11-20/h5-11,16,22H,3-4,12-15H2,1-2H3. The van der Waals surface area contributed by atoms with Crippen molar-refractivity contribution in [3.05, 3.63) is 59.1 Å². The monoisotopic (exact) mass is 410 g/mol. The van der Waals surface area contributed by atoms with Gasteiger partial charge < -0.3 is 9.64 Å². The molecule has 0 unspecified atom stereocenters. The van der Waals surface area contributed by atoms with Crippen LogP contribution in [-0.4, -0.2) is 46.1 Å². The highest BCUT2D eigenvalue weighted by molar-refractivity contribution is 7.89. The zero-order chi connectivity index (χ0) is 19.7. The van der Waals surface area contributed by atoms with Crippen LogP contribution in [0, 0.1) is 0 Å². The molecule has 148 valence electrons. The molecule has 0 aliphatic heterocycles. The van der Waals surface area contributed by atoms with E-state index >= 15 is 0 Å². The quantitative estimate of drug-likeness (QED) is 0.615. The molecule has 0 saturated heterocycles. The molecule has 2 rings (SSSR count). The van der Waals surface area contributed by atoms with Gasteiger partial charge in [-0.25, -0.2) is 13.1 Å². The molecule has 0 atom stereocenters. The van der Waals surface area contributed by atoms with E-state index in [4.69, 9.17) is 16.3 Å². The molecule has 0 amide bonds. The summed E-state index contributed by atoms with van der Waals surface area (Å²) in [5, 5.41) is 0.506. The molecule has 0 heterocycles. The molecule has 0 aliphatic carbocycles. The summed E-state index contributed by atoms with van der Waals surface area (Å²) in [4.78, 5) is 2.51. The first-order chi connectivity index (χ1) is 12.9. The summed E-state index contributed by atoms with van der Waals surface area (Å²) in [7, 11) is -3.53. The third-order valence-electron chi connectivity index (χ3n) is 4.30. The number of rotatable bonds is 11. The summed E-state index contributed by atoms with van der Waals surface area (Å²) < 4.78 is 33.0. The van der Waals surface area contributed by atoms with E-state index in [-0.39, 0.29) is 4.90 Å². The molecule has 1 N–H and O–H groups in total. The van der Waals surface area contributed by atoms with Crippen LogP contribution in [0.25, 0.3) is 0 Å². The van der Waals surface area contributed by atoms with Crippen molar-refractivity contribution in [2.45, 2.75) is 25.2 Å². The summed E-state index contributed by atoms with van der Waals surface area (Å²) in [6.07, 6.45) is 0.583. The fraction of sp³-hybridized carbons (Fsp3) is 0.400.